The molecule has 0 saturated carbocycles. The first-order valence-electron chi connectivity index (χ1n) is 11.7. The number of aromatic amines is 1. The fourth-order valence-electron chi connectivity index (χ4n) is 6.13. The van der Waals surface area contributed by atoms with Crippen LogP contribution in [0.2, 0.25) is 0 Å². The zero-order valence-electron chi connectivity index (χ0n) is 18.9. The molecule has 3 aliphatic rings. The molecular weight excluding hydrogens is 435 g/mol. The molecule has 3 amide bonds. The van der Waals surface area contributed by atoms with Crippen LogP contribution in [0.3, 0.4) is 0 Å². The molecule has 5 atom stereocenters. The van der Waals surface area contributed by atoms with E-state index < -0.39 is 35.1 Å². The molecule has 2 aromatic carbocycles. The molecule has 34 heavy (non-hydrogen) atoms. The van der Waals surface area contributed by atoms with Crippen LogP contribution in [0.4, 0.5) is 10.1 Å². The molecule has 2 fully saturated rings. The fourth-order valence-corrected chi connectivity index (χ4v) is 6.13. The number of rotatable bonds is 4. The van der Waals surface area contributed by atoms with Gasteiger partial charge < -0.3 is 10.3 Å². The Morgan fingerprint density at radius 1 is 1.12 bits per heavy atom. The number of carbonyl (C=O) groups excluding carboxylic acids is 3. The number of aromatic nitrogens is 1. The molecule has 4 heterocycles. The minimum absolute atomic E-state index is 0.267. The number of nitrogens with zero attached hydrogens (tertiary/aromatic N) is 1. The Balaban J connectivity index is 1.50. The quantitative estimate of drug-likeness (QED) is 0.522. The van der Waals surface area contributed by atoms with Crippen molar-refractivity contribution in [1.82, 2.24) is 15.2 Å². The van der Waals surface area contributed by atoms with Crippen LogP contribution in [-0.2, 0) is 26.3 Å². The molecular formula is C26H25FN4O3. The Morgan fingerprint density at radius 2 is 1.91 bits per heavy atom. The van der Waals surface area contributed by atoms with Crippen LogP contribution in [0.5, 0.6) is 0 Å². The first-order chi connectivity index (χ1) is 16.4. The molecule has 3 N–H and O–H groups in total. The van der Waals surface area contributed by atoms with E-state index in [1.807, 2.05) is 44.3 Å². The molecule has 8 heteroatoms. The van der Waals surface area contributed by atoms with Crippen LogP contribution in [0, 0.1) is 17.7 Å². The maximum absolute atomic E-state index is 14.3. The minimum atomic E-state index is -1.49. The molecule has 3 aromatic rings. The van der Waals surface area contributed by atoms with E-state index in [9.17, 15) is 18.8 Å². The van der Waals surface area contributed by atoms with Crippen molar-refractivity contribution in [2.24, 2.45) is 11.8 Å². The van der Waals surface area contributed by atoms with E-state index in [0.717, 1.165) is 16.5 Å². The van der Waals surface area contributed by atoms with Gasteiger partial charge in [-0.2, -0.15) is 0 Å². The minimum Gasteiger partial charge on any atom is -0.361 e. The first-order valence-corrected chi connectivity index (χ1v) is 11.7. The molecule has 0 bridgehead atoms. The van der Waals surface area contributed by atoms with Crippen molar-refractivity contribution >= 4 is 34.3 Å². The summed E-state index contributed by atoms with van der Waals surface area (Å²) in [6.07, 6.45) is 2.96. The lowest BCUT2D eigenvalue weighted by Crippen LogP contribution is -2.54. The van der Waals surface area contributed by atoms with Gasteiger partial charge in [-0.05, 0) is 49.6 Å². The highest BCUT2D eigenvalue weighted by Crippen LogP contribution is 2.53. The van der Waals surface area contributed by atoms with Crippen molar-refractivity contribution < 1.29 is 18.8 Å². The highest BCUT2D eigenvalue weighted by atomic mass is 19.1. The lowest BCUT2D eigenvalue weighted by atomic mass is 9.76. The lowest BCUT2D eigenvalue weighted by molar-refractivity contribution is -0.145. The van der Waals surface area contributed by atoms with Crippen LogP contribution in [-0.4, -0.2) is 39.7 Å². The number of benzene rings is 2. The average molecular weight is 461 g/mol. The third-order valence-corrected chi connectivity index (χ3v) is 7.86. The third kappa shape index (κ3) is 2.63. The molecule has 3 aliphatic heterocycles. The molecule has 0 aliphatic carbocycles. The Labute approximate surface area is 195 Å². The number of amides is 3. The Hall–Kier alpha value is -3.52. The predicted molar refractivity (Wildman–Crippen MR) is 124 cm³/mol. The predicted octanol–water partition coefficient (Wildman–Crippen LogP) is 3.07. The zero-order chi connectivity index (χ0) is 23.8. The summed E-state index contributed by atoms with van der Waals surface area (Å²) in [6.45, 7) is 3.76. The molecule has 1 spiro atoms. The number of hydrogen-bond acceptors (Lipinski definition) is 4. The average Bonchev–Trinajstić information content (AvgIpc) is 3.53. The van der Waals surface area contributed by atoms with Crippen molar-refractivity contribution in [1.29, 1.82) is 0 Å². The molecule has 1 aromatic heterocycles. The monoisotopic (exact) mass is 460 g/mol. The normalized spacial score (nSPS) is 28.6. The fraction of sp³-hybridized carbons (Fsp3) is 0.346. The smallest absolute Gasteiger partial charge is 0.250 e. The van der Waals surface area contributed by atoms with E-state index >= 15 is 0 Å². The van der Waals surface area contributed by atoms with E-state index in [1.165, 1.54) is 23.1 Å². The molecule has 6 rings (SSSR count). The van der Waals surface area contributed by atoms with Crippen LogP contribution >= 0.6 is 0 Å². The number of hydrogen-bond donors (Lipinski definition) is 3. The standard InChI is InChI=1S/C26H25FN4O3/c1-3-13(2)31-23(32)21-20(10-14-12-28-18-7-5-4-6-16(14)18)30-26(22(21)24(31)33)17-11-15(27)8-9-19(17)29-25(26)34/h4-9,11-13,20-22,28,30H,3,10H2,1-2H3,(H,29,34)/t13-,20-,21+,22-,26+/m0/s1. The second-order valence-corrected chi connectivity index (χ2v) is 9.57. The van der Waals surface area contributed by atoms with Gasteiger partial charge in [-0.15, -0.1) is 0 Å². The van der Waals surface area contributed by atoms with Crippen molar-refractivity contribution in [2.75, 3.05) is 5.32 Å². The number of para-hydroxylation sites is 1. The van der Waals surface area contributed by atoms with Gasteiger partial charge in [0.2, 0.25) is 17.7 Å². The number of nitrogens with one attached hydrogen (secondary N) is 3. The van der Waals surface area contributed by atoms with E-state index in [1.54, 1.807) is 0 Å². The molecule has 7 nitrogen and oxygen atoms in total. The second-order valence-electron chi connectivity index (χ2n) is 9.57. The summed E-state index contributed by atoms with van der Waals surface area (Å²) in [4.78, 5) is 45.5. The molecule has 174 valence electrons. The van der Waals surface area contributed by atoms with E-state index in [-0.39, 0.29) is 17.9 Å². The number of halogens is 1. The summed E-state index contributed by atoms with van der Waals surface area (Å²) >= 11 is 0. The van der Waals surface area contributed by atoms with Crippen LogP contribution in [0.1, 0.15) is 31.4 Å². The van der Waals surface area contributed by atoms with Gasteiger partial charge in [-0.25, -0.2) is 4.39 Å². The number of likely N-dealkylation sites (tertiary alicyclic amines) is 1. The van der Waals surface area contributed by atoms with Crippen molar-refractivity contribution in [2.45, 2.75) is 44.3 Å². The Kier molecular flexibility index (Phi) is 4.48. The summed E-state index contributed by atoms with van der Waals surface area (Å²) in [7, 11) is 0. The maximum Gasteiger partial charge on any atom is 0.250 e. The summed E-state index contributed by atoms with van der Waals surface area (Å²) in [5, 5.41) is 7.23. The van der Waals surface area contributed by atoms with Gasteiger partial charge in [0.05, 0.1) is 11.8 Å². The first kappa shape index (κ1) is 21.0. The van der Waals surface area contributed by atoms with E-state index in [0.29, 0.717) is 24.1 Å². The summed E-state index contributed by atoms with van der Waals surface area (Å²) < 4.78 is 14.3. The van der Waals surface area contributed by atoms with Gasteiger partial charge in [0.1, 0.15) is 11.4 Å². The summed E-state index contributed by atoms with van der Waals surface area (Å²) in [5.41, 5.74) is 1.33. The van der Waals surface area contributed by atoms with E-state index in [2.05, 4.69) is 15.6 Å². The topological polar surface area (TPSA) is 94.3 Å². The van der Waals surface area contributed by atoms with Crippen LogP contribution < -0.4 is 10.6 Å². The Bertz CT molecular complexity index is 1370. The third-order valence-electron chi connectivity index (χ3n) is 7.86. The lowest BCUT2D eigenvalue weighted by Gasteiger charge is -2.31. The summed E-state index contributed by atoms with van der Waals surface area (Å²) in [5.74, 6) is -3.22. The number of fused-ring (bicyclic) bond motifs is 5. The zero-order valence-corrected chi connectivity index (χ0v) is 18.9. The van der Waals surface area contributed by atoms with Gasteiger partial charge >= 0.3 is 0 Å². The number of anilines is 1. The van der Waals surface area contributed by atoms with Gasteiger partial charge in [-0.1, -0.05) is 25.1 Å². The van der Waals surface area contributed by atoms with Gasteiger partial charge in [0, 0.05) is 40.4 Å². The number of carbonyl (C=O) groups is 3. The van der Waals surface area contributed by atoms with Crippen molar-refractivity contribution in [3.63, 3.8) is 0 Å². The number of H-pyrrole nitrogens is 1. The van der Waals surface area contributed by atoms with Crippen LogP contribution in [0.25, 0.3) is 10.9 Å². The van der Waals surface area contributed by atoms with Crippen molar-refractivity contribution in [3.8, 4) is 0 Å². The van der Waals surface area contributed by atoms with Gasteiger partial charge in [0.25, 0.3) is 0 Å². The maximum atomic E-state index is 14.3. The molecule has 0 radical (unpaired) electrons. The Morgan fingerprint density at radius 3 is 2.71 bits per heavy atom. The van der Waals surface area contributed by atoms with Gasteiger partial charge in [0.15, 0.2) is 0 Å². The summed E-state index contributed by atoms with van der Waals surface area (Å²) in [6, 6.07) is 11.2. The second kappa shape index (κ2) is 7.24. The largest absolute Gasteiger partial charge is 0.361 e. The molecule has 0 unspecified atom stereocenters. The SMILES string of the molecule is CC[C@H](C)N1C(=O)[C@@H]2[C@H](Cc3c[nH]c4ccccc34)N[C@@]3(C(=O)Nc4ccc(F)cc43)[C@@H]2C1=O. The van der Waals surface area contributed by atoms with Crippen molar-refractivity contribution in [3.05, 3.63) is 65.6 Å². The highest BCUT2D eigenvalue weighted by Gasteiger charge is 2.70. The highest BCUT2D eigenvalue weighted by molar-refractivity contribution is 6.15. The van der Waals surface area contributed by atoms with Gasteiger partial charge in [-0.3, -0.25) is 24.6 Å². The number of imide groups is 1. The van der Waals surface area contributed by atoms with Crippen LogP contribution in [0.15, 0.2) is 48.7 Å². The molecule has 2 saturated heterocycles. The van der Waals surface area contributed by atoms with E-state index in [4.69, 9.17) is 0 Å².